The zero-order chi connectivity index (χ0) is 20.2. The molecule has 6 nitrogen and oxygen atoms in total. The molecule has 0 unspecified atom stereocenters. The Kier molecular flexibility index (Phi) is 5.25. The lowest BCUT2D eigenvalue weighted by Gasteiger charge is -2.37. The Balaban J connectivity index is 1.53. The molecule has 0 atom stereocenters. The summed E-state index contributed by atoms with van der Waals surface area (Å²) in [7, 11) is 0. The summed E-state index contributed by atoms with van der Waals surface area (Å²) >= 11 is 0. The van der Waals surface area contributed by atoms with Crippen molar-refractivity contribution in [1.82, 2.24) is 9.55 Å². The average molecular weight is 389 g/mol. The van der Waals surface area contributed by atoms with E-state index in [0.717, 1.165) is 24.5 Å². The number of aromatic nitrogens is 2. The Morgan fingerprint density at radius 1 is 1.00 bits per heavy atom. The highest BCUT2D eigenvalue weighted by Gasteiger charge is 2.22. The van der Waals surface area contributed by atoms with Gasteiger partial charge in [0.15, 0.2) is 0 Å². The molecule has 1 saturated heterocycles. The molecule has 0 saturated carbocycles. The van der Waals surface area contributed by atoms with Gasteiger partial charge in [-0.3, -0.25) is 4.79 Å². The van der Waals surface area contributed by atoms with Crippen molar-refractivity contribution in [2.45, 2.75) is 6.54 Å². The molecule has 3 heterocycles. The molecule has 1 aliphatic heterocycles. The van der Waals surface area contributed by atoms with Gasteiger partial charge in [0.1, 0.15) is 23.3 Å². The zero-order valence-electron chi connectivity index (χ0n) is 15.8. The average Bonchev–Trinajstić information content (AvgIpc) is 2.77. The van der Waals surface area contributed by atoms with E-state index in [1.807, 2.05) is 24.3 Å². The van der Waals surface area contributed by atoms with Gasteiger partial charge in [0.25, 0.3) is 5.56 Å². The van der Waals surface area contributed by atoms with E-state index >= 15 is 0 Å². The number of nitrogens with zero attached hydrogens (tertiary/aromatic N) is 5. The highest BCUT2D eigenvalue weighted by molar-refractivity contribution is 5.59. The number of hydrogen-bond acceptors (Lipinski definition) is 5. The van der Waals surface area contributed by atoms with Gasteiger partial charge in [-0.05, 0) is 35.9 Å². The van der Waals surface area contributed by atoms with E-state index in [0.29, 0.717) is 25.3 Å². The van der Waals surface area contributed by atoms with E-state index in [1.165, 1.54) is 16.7 Å². The predicted octanol–water partition coefficient (Wildman–Crippen LogP) is 2.63. The molecule has 0 amide bonds. The molecular formula is C22H20FN5O. The van der Waals surface area contributed by atoms with Crippen LogP contribution >= 0.6 is 0 Å². The quantitative estimate of drug-likeness (QED) is 0.686. The van der Waals surface area contributed by atoms with Gasteiger partial charge in [-0.15, -0.1) is 0 Å². The molecule has 3 aromatic rings. The van der Waals surface area contributed by atoms with E-state index in [4.69, 9.17) is 0 Å². The van der Waals surface area contributed by atoms with Crippen molar-refractivity contribution in [3.05, 3.63) is 88.2 Å². The van der Waals surface area contributed by atoms with Crippen molar-refractivity contribution in [2.75, 3.05) is 36.0 Å². The van der Waals surface area contributed by atoms with E-state index in [9.17, 15) is 14.4 Å². The van der Waals surface area contributed by atoms with Crippen LogP contribution in [-0.4, -0.2) is 35.7 Å². The molecule has 0 spiro atoms. The molecule has 0 bridgehead atoms. The summed E-state index contributed by atoms with van der Waals surface area (Å²) in [4.78, 5) is 21.5. The first-order chi connectivity index (χ1) is 14.2. The van der Waals surface area contributed by atoms with Crippen LogP contribution < -0.4 is 15.4 Å². The van der Waals surface area contributed by atoms with E-state index in [1.54, 1.807) is 24.5 Å². The smallest absolute Gasteiger partial charge is 0.270 e. The number of benzene rings is 1. The fourth-order valence-electron chi connectivity index (χ4n) is 3.56. The molecule has 0 radical (unpaired) electrons. The summed E-state index contributed by atoms with van der Waals surface area (Å²) in [6.45, 7) is 3.22. The van der Waals surface area contributed by atoms with Crippen LogP contribution in [0, 0.1) is 17.1 Å². The molecule has 1 fully saturated rings. The summed E-state index contributed by atoms with van der Waals surface area (Å²) in [5, 5.41) is 9.63. The fourth-order valence-corrected chi connectivity index (χ4v) is 3.56. The molecule has 1 aliphatic rings. The van der Waals surface area contributed by atoms with Crippen LogP contribution in [0.3, 0.4) is 0 Å². The normalized spacial score (nSPS) is 13.9. The number of hydrogen-bond donors (Lipinski definition) is 0. The Morgan fingerprint density at radius 3 is 2.38 bits per heavy atom. The van der Waals surface area contributed by atoms with Crippen molar-refractivity contribution in [3.63, 3.8) is 0 Å². The van der Waals surface area contributed by atoms with E-state index < -0.39 is 0 Å². The van der Waals surface area contributed by atoms with Crippen LogP contribution in [-0.2, 0) is 6.54 Å². The lowest BCUT2D eigenvalue weighted by Crippen LogP contribution is -2.47. The maximum absolute atomic E-state index is 13.1. The number of rotatable bonds is 4. The van der Waals surface area contributed by atoms with Crippen LogP contribution in [0.1, 0.15) is 11.1 Å². The van der Waals surface area contributed by atoms with Crippen molar-refractivity contribution < 1.29 is 4.39 Å². The summed E-state index contributed by atoms with van der Waals surface area (Å²) in [6.07, 6.45) is 3.48. The van der Waals surface area contributed by atoms with Crippen LogP contribution in [0.25, 0.3) is 0 Å². The Labute approximate surface area is 168 Å². The van der Waals surface area contributed by atoms with Crippen LogP contribution in [0.2, 0.25) is 0 Å². The standard InChI is InChI=1S/C22H20FN5O/c23-18-6-4-17(5-7-18)16-28-10-8-20(19(15-24)22(28)29)26-11-13-27(14-12-26)21-3-1-2-9-25-21/h1-10H,11-14,16H2. The summed E-state index contributed by atoms with van der Waals surface area (Å²) in [6, 6.07) is 15.7. The zero-order valence-corrected chi connectivity index (χ0v) is 15.8. The first-order valence-corrected chi connectivity index (χ1v) is 9.44. The molecular weight excluding hydrogens is 369 g/mol. The fraction of sp³-hybridized carbons (Fsp3) is 0.227. The first kappa shape index (κ1) is 18.7. The first-order valence-electron chi connectivity index (χ1n) is 9.44. The lowest BCUT2D eigenvalue weighted by molar-refractivity contribution is 0.626. The predicted molar refractivity (Wildman–Crippen MR) is 110 cm³/mol. The summed E-state index contributed by atoms with van der Waals surface area (Å²) in [5.41, 5.74) is 1.27. The minimum absolute atomic E-state index is 0.140. The topological polar surface area (TPSA) is 65.2 Å². The second-order valence-electron chi connectivity index (χ2n) is 6.91. The van der Waals surface area contributed by atoms with Gasteiger partial charge in [-0.1, -0.05) is 18.2 Å². The van der Waals surface area contributed by atoms with Crippen molar-refractivity contribution in [3.8, 4) is 6.07 Å². The van der Waals surface area contributed by atoms with Crippen LogP contribution in [0.4, 0.5) is 15.9 Å². The van der Waals surface area contributed by atoms with Gasteiger partial charge in [0.05, 0.1) is 12.2 Å². The number of anilines is 2. The van der Waals surface area contributed by atoms with E-state index in [2.05, 4.69) is 20.9 Å². The number of pyridine rings is 2. The Hall–Kier alpha value is -3.66. The van der Waals surface area contributed by atoms with Crippen LogP contribution in [0.5, 0.6) is 0 Å². The largest absolute Gasteiger partial charge is 0.367 e. The summed E-state index contributed by atoms with van der Waals surface area (Å²) in [5.74, 6) is 0.612. The molecule has 146 valence electrons. The number of nitriles is 1. The second kappa shape index (κ2) is 8.15. The van der Waals surface area contributed by atoms with Gasteiger partial charge < -0.3 is 14.4 Å². The minimum atomic E-state index is -0.332. The Bertz CT molecular complexity index is 1080. The van der Waals surface area contributed by atoms with E-state index in [-0.39, 0.29) is 16.9 Å². The molecule has 0 N–H and O–H groups in total. The minimum Gasteiger partial charge on any atom is -0.367 e. The van der Waals surface area contributed by atoms with Gasteiger partial charge in [-0.25, -0.2) is 9.37 Å². The molecule has 4 rings (SSSR count). The second-order valence-corrected chi connectivity index (χ2v) is 6.91. The highest BCUT2D eigenvalue weighted by atomic mass is 19.1. The molecule has 1 aromatic carbocycles. The molecule has 29 heavy (non-hydrogen) atoms. The van der Waals surface area contributed by atoms with Crippen molar-refractivity contribution >= 4 is 11.5 Å². The monoisotopic (exact) mass is 389 g/mol. The third-order valence-corrected chi connectivity index (χ3v) is 5.11. The van der Waals surface area contributed by atoms with Gasteiger partial charge in [0.2, 0.25) is 0 Å². The van der Waals surface area contributed by atoms with Crippen LogP contribution in [0.15, 0.2) is 65.7 Å². The third-order valence-electron chi connectivity index (χ3n) is 5.11. The molecule has 0 aliphatic carbocycles. The van der Waals surface area contributed by atoms with Gasteiger partial charge in [-0.2, -0.15) is 5.26 Å². The van der Waals surface area contributed by atoms with Crippen molar-refractivity contribution in [2.24, 2.45) is 0 Å². The number of halogens is 1. The molecule has 7 heteroatoms. The van der Waals surface area contributed by atoms with Crippen molar-refractivity contribution in [1.29, 1.82) is 5.26 Å². The number of piperazine rings is 1. The molecule has 2 aromatic heterocycles. The van der Waals surface area contributed by atoms with Gasteiger partial charge in [0, 0.05) is 38.6 Å². The maximum Gasteiger partial charge on any atom is 0.270 e. The van der Waals surface area contributed by atoms with Gasteiger partial charge >= 0.3 is 0 Å². The highest BCUT2D eigenvalue weighted by Crippen LogP contribution is 2.21. The lowest BCUT2D eigenvalue weighted by atomic mass is 10.1. The maximum atomic E-state index is 13.1. The summed E-state index contributed by atoms with van der Waals surface area (Å²) < 4.78 is 14.6. The SMILES string of the molecule is N#Cc1c(N2CCN(c3ccccn3)CC2)ccn(Cc2ccc(F)cc2)c1=O. The Morgan fingerprint density at radius 2 is 1.72 bits per heavy atom. The third kappa shape index (κ3) is 3.97.